The summed E-state index contributed by atoms with van der Waals surface area (Å²) in [5.74, 6) is 0.847. The molecular weight excluding hydrogens is 274 g/mol. The van der Waals surface area contributed by atoms with E-state index in [1.54, 1.807) is 7.11 Å². The summed E-state index contributed by atoms with van der Waals surface area (Å²) in [6.45, 7) is 4.39. The Kier molecular flexibility index (Phi) is 4.21. The van der Waals surface area contributed by atoms with Crippen LogP contribution in [0.5, 0.6) is 5.75 Å². The summed E-state index contributed by atoms with van der Waals surface area (Å²) in [4.78, 5) is 9.53. The zero-order chi connectivity index (χ0) is 15.7. The molecule has 3 rings (SSSR count). The van der Waals surface area contributed by atoms with Crippen LogP contribution in [0.2, 0.25) is 0 Å². The molecule has 4 nitrogen and oxygen atoms in total. The molecule has 1 fully saturated rings. The number of aryl methyl sites for hydroxylation is 1. The fraction of sp³-hybridized carbons (Fsp3) is 0.500. The van der Waals surface area contributed by atoms with Gasteiger partial charge in [-0.05, 0) is 52.0 Å². The normalized spacial score (nSPS) is 16.9. The maximum atomic E-state index is 5.49. The van der Waals surface area contributed by atoms with Crippen molar-refractivity contribution in [2.75, 3.05) is 39.2 Å². The predicted molar refractivity (Wildman–Crippen MR) is 92.0 cm³/mol. The van der Waals surface area contributed by atoms with Crippen molar-refractivity contribution in [2.45, 2.75) is 25.8 Å². The largest absolute Gasteiger partial charge is 0.494 e. The van der Waals surface area contributed by atoms with E-state index in [0.29, 0.717) is 6.04 Å². The number of piperidine rings is 1. The van der Waals surface area contributed by atoms with Crippen LogP contribution in [0, 0.1) is 6.92 Å². The zero-order valence-corrected chi connectivity index (χ0v) is 14.0. The Morgan fingerprint density at radius 2 is 2.00 bits per heavy atom. The second kappa shape index (κ2) is 6.13. The van der Waals surface area contributed by atoms with Crippen LogP contribution in [-0.2, 0) is 0 Å². The van der Waals surface area contributed by atoms with Crippen molar-refractivity contribution >= 4 is 16.6 Å². The molecule has 2 aromatic rings. The van der Waals surface area contributed by atoms with E-state index < -0.39 is 0 Å². The molecule has 0 N–H and O–H groups in total. The van der Waals surface area contributed by atoms with Gasteiger partial charge in [-0.15, -0.1) is 0 Å². The van der Waals surface area contributed by atoms with E-state index in [0.717, 1.165) is 17.0 Å². The highest BCUT2D eigenvalue weighted by atomic mass is 16.5. The monoisotopic (exact) mass is 299 g/mol. The summed E-state index contributed by atoms with van der Waals surface area (Å²) >= 11 is 0. The van der Waals surface area contributed by atoms with E-state index >= 15 is 0 Å². The van der Waals surface area contributed by atoms with Crippen LogP contribution < -0.4 is 9.64 Å². The van der Waals surface area contributed by atoms with Crippen molar-refractivity contribution < 1.29 is 4.74 Å². The Morgan fingerprint density at radius 3 is 2.68 bits per heavy atom. The molecule has 2 heterocycles. The number of benzene rings is 1. The Balaban J connectivity index is 2.02. The summed E-state index contributed by atoms with van der Waals surface area (Å²) in [5.41, 5.74) is 3.25. The third-order valence-corrected chi connectivity index (χ3v) is 4.74. The Hall–Kier alpha value is -1.81. The molecule has 4 heteroatoms. The van der Waals surface area contributed by atoms with Gasteiger partial charge in [-0.3, -0.25) is 0 Å². The zero-order valence-electron chi connectivity index (χ0n) is 14.0. The second-order valence-corrected chi connectivity index (χ2v) is 6.28. The minimum atomic E-state index is 0.590. The van der Waals surface area contributed by atoms with E-state index in [1.165, 1.54) is 37.0 Å². The van der Waals surface area contributed by atoms with Crippen molar-refractivity contribution in [3.05, 3.63) is 30.0 Å². The van der Waals surface area contributed by atoms with E-state index in [1.807, 2.05) is 12.1 Å². The van der Waals surface area contributed by atoms with Gasteiger partial charge in [-0.1, -0.05) is 12.1 Å². The molecule has 1 aromatic carbocycles. The van der Waals surface area contributed by atoms with Gasteiger partial charge in [0, 0.05) is 29.9 Å². The lowest BCUT2D eigenvalue weighted by Gasteiger charge is -2.37. The summed E-state index contributed by atoms with van der Waals surface area (Å²) in [5, 5.41) is 1.17. The number of likely N-dealkylation sites (tertiary alicyclic amines) is 1. The number of nitrogens with zero attached hydrogens (tertiary/aromatic N) is 3. The van der Waals surface area contributed by atoms with Crippen molar-refractivity contribution in [2.24, 2.45) is 0 Å². The molecule has 0 bridgehead atoms. The lowest BCUT2D eigenvalue weighted by molar-refractivity contribution is 0.253. The molecule has 0 unspecified atom stereocenters. The van der Waals surface area contributed by atoms with E-state index in [9.17, 15) is 0 Å². The third-order valence-electron chi connectivity index (χ3n) is 4.74. The van der Waals surface area contributed by atoms with Crippen molar-refractivity contribution in [3.8, 4) is 5.75 Å². The van der Waals surface area contributed by atoms with E-state index in [2.05, 4.69) is 47.9 Å². The number of hydrogen-bond donors (Lipinski definition) is 0. The number of hydrogen-bond acceptors (Lipinski definition) is 4. The molecule has 0 radical (unpaired) electrons. The van der Waals surface area contributed by atoms with Crippen LogP contribution in [0.4, 0.5) is 5.69 Å². The third kappa shape index (κ3) is 2.75. The lowest BCUT2D eigenvalue weighted by Crippen LogP contribution is -2.42. The molecule has 1 aromatic heterocycles. The van der Waals surface area contributed by atoms with Gasteiger partial charge in [-0.25, -0.2) is 4.98 Å². The number of methoxy groups -OCH3 is 1. The minimum Gasteiger partial charge on any atom is -0.494 e. The second-order valence-electron chi connectivity index (χ2n) is 6.28. The molecule has 0 aliphatic carbocycles. The molecule has 1 aliphatic rings. The number of aromatic nitrogens is 1. The lowest BCUT2D eigenvalue weighted by atomic mass is 10.0. The molecule has 1 aliphatic heterocycles. The number of fused-ring (bicyclic) bond motifs is 1. The highest BCUT2D eigenvalue weighted by Crippen LogP contribution is 2.33. The van der Waals surface area contributed by atoms with Crippen LogP contribution in [0.25, 0.3) is 10.9 Å². The quantitative estimate of drug-likeness (QED) is 0.871. The summed E-state index contributed by atoms with van der Waals surface area (Å²) < 4.78 is 5.49. The molecule has 0 amide bonds. The average molecular weight is 299 g/mol. The Bertz CT molecular complexity index is 663. The highest BCUT2D eigenvalue weighted by molar-refractivity contribution is 5.95. The molecule has 0 saturated carbocycles. The standard InChI is InChI=1S/C18H25N3O/c1-13-12-16(21(3)14-8-10-20(2)11-9-14)15-6-5-7-17(22-4)18(15)19-13/h5-7,12,14H,8-11H2,1-4H3. The first-order valence-corrected chi connectivity index (χ1v) is 7.96. The first-order chi connectivity index (χ1) is 10.6. The minimum absolute atomic E-state index is 0.590. The summed E-state index contributed by atoms with van der Waals surface area (Å²) in [7, 11) is 6.12. The molecule has 0 atom stereocenters. The number of para-hydroxylation sites is 1. The first-order valence-electron chi connectivity index (χ1n) is 7.96. The SMILES string of the molecule is COc1cccc2c(N(C)C3CCN(C)CC3)cc(C)nc12. The van der Waals surface area contributed by atoms with E-state index in [-0.39, 0.29) is 0 Å². The van der Waals surface area contributed by atoms with Crippen LogP contribution in [0.15, 0.2) is 24.3 Å². The van der Waals surface area contributed by atoms with Gasteiger partial charge >= 0.3 is 0 Å². The van der Waals surface area contributed by atoms with Crippen molar-refractivity contribution in [3.63, 3.8) is 0 Å². The number of anilines is 1. The van der Waals surface area contributed by atoms with Gasteiger partial charge in [0.05, 0.1) is 7.11 Å². The van der Waals surface area contributed by atoms with E-state index in [4.69, 9.17) is 4.74 Å². The van der Waals surface area contributed by atoms with Crippen molar-refractivity contribution in [1.29, 1.82) is 0 Å². The van der Waals surface area contributed by atoms with Gasteiger partial charge in [0.25, 0.3) is 0 Å². The molecule has 1 saturated heterocycles. The summed E-state index contributed by atoms with van der Waals surface area (Å²) in [6, 6.07) is 8.95. The Morgan fingerprint density at radius 1 is 1.27 bits per heavy atom. The fourth-order valence-electron chi connectivity index (χ4n) is 3.36. The van der Waals surface area contributed by atoms with Crippen molar-refractivity contribution in [1.82, 2.24) is 9.88 Å². The van der Waals surface area contributed by atoms with Gasteiger partial charge in [0.15, 0.2) is 0 Å². The topological polar surface area (TPSA) is 28.6 Å². The maximum absolute atomic E-state index is 5.49. The Labute approximate surface area is 132 Å². The first kappa shape index (κ1) is 15.1. The van der Waals surface area contributed by atoms with Crippen LogP contribution in [0.3, 0.4) is 0 Å². The highest BCUT2D eigenvalue weighted by Gasteiger charge is 2.22. The van der Waals surface area contributed by atoms with Gasteiger partial charge < -0.3 is 14.5 Å². The maximum Gasteiger partial charge on any atom is 0.145 e. The smallest absolute Gasteiger partial charge is 0.145 e. The number of rotatable bonds is 3. The average Bonchev–Trinajstić information content (AvgIpc) is 2.53. The summed E-state index contributed by atoms with van der Waals surface area (Å²) in [6.07, 6.45) is 2.42. The molecular formula is C18H25N3O. The van der Waals surface area contributed by atoms with Gasteiger partial charge in [0.2, 0.25) is 0 Å². The number of pyridine rings is 1. The van der Waals surface area contributed by atoms with Crippen LogP contribution in [0.1, 0.15) is 18.5 Å². The molecule has 118 valence electrons. The number of ether oxygens (including phenoxy) is 1. The van der Waals surface area contributed by atoms with Crippen LogP contribution >= 0.6 is 0 Å². The molecule has 22 heavy (non-hydrogen) atoms. The van der Waals surface area contributed by atoms with Gasteiger partial charge in [0.1, 0.15) is 11.3 Å². The van der Waals surface area contributed by atoms with Crippen LogP contribution in [-0.4, -0.2) is 50.2 Å². The fourth-order valence-corrected chi connectivity index (χ4v) is 3.36. The van der Waals surface area contributed by atoms with Gasteiger partial charge in [-0.2, -0.15) is 0 Å². The predicted octanol–water partition coefficient (Wildman–Crippen LogP) is 3.08. The molecule has 0 spiro atoms.